The summed E-state index contributed by atoms with van der Waals surface area (Å²) in [4.78, 5) is 2.33. The van der Waals surface area contributed by atoms with Gasteiger partial charge >= 0.3 is 0 Å². The van der Waals surface area contributed by atoms with Crippen molar-refractivity contribution in [2.24, 2.45) is 0 Å². The summed E-state index contributed by atoms with van der Waals surface area (Å²) in [5.41, 5.74) is 0. The zero-order valence-corrected chi connectivity index (χ0v) is 10.0. The van der Waals surface area contributed by atoms with E-state index in [0.717, 1.165) is 25.8 Å². The molecule has 2 rings (SSSR count). The maximum Gasteiger partial charge on any atom is 0.0933 e. The second-order valence-electron chi connectivity index (χ2n) is 5.10. The van der Waals surface area contributed by atoms with Crippen molar-refractivity contribution in [1.29, 1.82) is 0 Å². The van der Waals surface area contributed by atoms with Crippen LogP contribution in [0, 0.1) is 0 Å². The van der Waals surface area contributed by atoms with E-state index in [0.29, 0.717) is 12.6 Å². The lowest BCUT2D eigenvalue weighted by atomic mass is 9.90. The van der Waals surface area contributed by atoms with Gasteiger partial charge < -0.3 is 14.9 Å². The van der Waals surface area contributed by atoms with Crippen LogP contribution < -0.4 is 0 Å². The highest BCUT2D eigenvalue weighted by molar-refractivity contribution is 4.89. The molecule has 4 atom stereocenters. The molecule has 1 aliphatic carbocycles. The van der Waals surface area contributed by atoms with Crippen LogP contribution in [-0.2, 0) is 4.74 Å². The number of rotatable bonds is 2. The molecule has 2 N–H and O–H groups in total. The van der Waals surface area contributed by atoms with E-state index in [-0.39, 0.29) is 24.9 Å². The fourth-order valence-corrected chi connectivity index (χ4v) is 2.89. The van der Waals surface area contributed by atoms with Crippen LogP contribution in [0.3, 0.4) is 0 Å². The van der Waals surface area contributed by atoms with Gasteiger partial charge in [0, 0.05) is 18.6 Å². The van der Waals surface area contributed by atoms with Gasteiger partial charge in [0.15, 0.2) is 0 Å². The van der Waals surface area contributed by atoms with Crippen molar-refractivity contribution in [3.05, 3.63) is 0 Å². The van der Waals surface area contributed by atoms with E-state index in [2.05, 4.69) is 11.8 Å². The summed E-state index contributed by atoms with van der Waals surface area (Å²) in [6.45, 7) is 3.62. The van der Waals surface area contributed by atoms with Gasteiger partial charge in [-0.1, -0.05) is 12.8 Å². The van der Waals surface area contributed by atoms with Crippen LogP contribution >= 0.6 is 0 Å². The van der Waals surface area contributed by atoms with Crippen molar-refractivity contribution < 1.29 is 14.9 Å². The highest BCUT2D eigenvalue weighted by Gasteiger charge is 2.35. The lowest BCUT2D eigenvalue weighted by Crippen LogP contribution is -2.57. The molecule has 94 valence electrons. The standard InChI is InChI=1S/C12H23NO3/c1-9-8-16-10(7-14)6-13(9)11-4-2-3-5-12(11)15/h9-12,14-15H,2-8H2,1H3/t9?,10?,11-,12-/m1/s1. The Kier molecular flexibility index (Phi) is 4.19. The first-order chi connectivity index (χ1) is 7.72. The lowest BCUT2D eigenvalue weighted by molar-refractivity contribution is -0.113. The molecule has 0 bridgehead atoms. The molecular formula is C12H23NO3. The minimum absolute atomic E-state index is 0.0754. The van der Waals surface area contributed by atoms with E-state index in [1.165, 1.54) is 6.42 Å². The number of morpholine rings is 1. The average molecular weight is 229 g/mol. The molecule has 2 aliphatic rings. The number of aliphatic hydroxyl groups excluding tert-OH is 2. The first-order valence-electron chi connectivity index (χ1n) is 6.38. The normalized spacial score (nSPS) is 42.2. The summed E-state index contributed by atoms with van der Waals surface area (Å²) in [5, 5.41) is 19.2. The average Bonchev–Trinajstić information content (AvgIpc) is 2.31. The number of hydrogen-bond acceptors (Lipinski definition) is 4. The van der Waals surface area contributed by atoms with E-state index in [4.69, 9.17) is 9.84 Å². The van der Waals surface area contributed by atoms with Crippen molar-refractivity contribution in [3.8, 4) is 0 Å². The Bertz CT molecular complexity index is 224. The Hall–Kier alpha value is -0.160. The molecule has 4 heteroatoms. The van der Waals surface area contributed by atoms with Crippen molar-refractivity contribution in [3.63, 3.8) is 0 Å². The third-order valence-corrected chi connectivity index (χ3v) is 3.88. The van der Waals surface area contributed by atoms with Crippen LogP contribution in [0.4, 0.5) is 0 Å². The van der Waals surface area contributed by atoms with Gasteiger partial charge in [-0.3, -0.25) is 4.90 Å². The number of ether oxygens (including phenoxy) is 1. The maximum absolute atomic E-state index is 10.1. The lowest BCUT2D eigenvalue weighted by Gasteiger charge is -2.45. The molecule has 1 saturated heterocycles. The number of aliphatic hydroxyl groups is 2. The van der Waals surface area contributed by atoms with E-state index in [1.807, 2.05) is 0 Å². The maximum atomic E-state index is 10.1. The summed E-state index contributed by atoms with van der Waals surface area (Å²) in [6.07, 6.45) is 4.05. The fraction of sp³-hybridized carbons (Fsp3) is 1.00. The van der Waals surface area contributed by atoms with Gasteiger partial charge in [-0.15, -0.1) is 0 Å². The van der Waals surface area contributed by atoms with Gasteiger partial charge in [-0.05, 0) is 19.8 Å². The number of nitrogens with zero attached hydrogens (tertiary/aromatic N) is 1. The van der Waals surface area contributed by atoms with Crippen LogP contribution in [0.5, 0.6) is 0 Å². The van der Waals surface area contributed by atoms with E-state index < -0.39 is 0 Å². The number of hydrogen-bond donors (Lipinski definition) is 2. The van der Waals surface area contributed by atoms with Gasteiger partial charge in [-0.25, -0.2) is 0 Å². The summed E-state index contributed by atoms with van der Waals surface area (Å²) < 4.78 is 5.52. The van der Waals surface area contributed by atoms with E-state index >= 15 is 0 Å². The van der Waals surface area contributed by atoms with Crippen LogP contribution in [0.15, 0.2) is 0 Å². The highest BCUT2D eigenvalue weighted by Crippen LogP contribution is 2.26. The Balaban J connectivity index is 1.99. The summed E-state index contributed by atoms with van der Waals surface area (Å²) in [5.74, 6) is 0. The molecule has 4 nitrogen and oxygen atoms in total. The van der Waals surface area contributed by atoms with Gasteiger partial charge in [0.1, 0.15) is 0 Å². The summed E-state index contributed by atoms with van der Waals surface area (Å²) in [7, 11) is 0. The van der Waals surface area contributed by atoms with Crippen LogP contribution in [-0.4, -0.2) is 59.2 Å². The molecule has 2 unspecified atom stereocenters. The Morgan fingerprint density at radius 3 is 2.75 bits per heavy atom. The van der Waals surface area contributed by atoms with Gasteiger partial charge in [-0.2, -0.15) is 0 Å². The minimum atomic E-state index is -0.200. The third-order valence-electron chi connectivity index (χ3n) is 3.88. The molecule has 0 aromatic heterocycles. The molecule has 0 aromatic rings. The van der Waals surface area contributed by atoms with Crippen molar-refractivity contribution in [2.45, 2.75) is 56.9 Å². The summed E-state index contributed by atoms with van der Waals surface area (Å²) >= 11 is 0. The van der Waals surface area contributed by atoms with Crippen molar-refractivity contribution in [2.75, 3.05) is 19.8 Å². The Labute approximate surface area is 97.2 Å². The zero-order chi connectivity index (χ0) is 11.5. The first kappa shape index (κ1) is 12.3. The monoisotopic (exact) mass is 229 g/mol. The predicted molar refractivity (Wildman–Crippen MR) is 61.3 cm³/mol. The second kappa shape index (κ2) is 5.45. The molecule has 0 radical (unpaired) electrons. The zero-order valence-electron chi connectivity index (χ0n) is 10.0. The third kappa shape index (κ3) is 2.56. The molecule has 0 aromatic carbocycles. The fourth-order valence-electron chi connectivity index (χ4n) is 2.89. The smallest absolute Gasteiger partial charge is 0.0933 e. The molecule has 1 heterocycles. The van der Waals surface area contributed by atoms with E-state index in [1.54, 1.807) is 0 Å². The first-order valence-corrected chi connectivity index (χ1v) is 6.38. The SMILES string of the molecule is CC1COC(CO)CN1[C@@H]1CCCC[C@H]1O. The Morgan fingerprint density at radius 2 is 2.06 bits per heavy atom. The molecule has 1 saturated carbocycles. The molecular weight excluding hydrogens is 206 g/mol. The van der Waals surface area contributed by atoms with Crippen LogP contribution in [0.25, 0.3) is 0 Å². The minimum Gasteiger partial charge on any atom is -0.394 e. The molecule has 0 amide bonds. The largest absolute Gasteiger partial charge is 0.394 e. The quantitative estimate of drug-likeness (QED) is 0.718. The molecule has 2 fully saturated rings. The van der Waals surface area contributed by atoms with Gasteiger partial charge in [0.25, 0.3) is 0 Å². The van der Waals surface area contributed by atoms with Crippen LogP contribution in [0.2, 0.25) is 0 Å². The highest BCUT2D eigenvalue weighted by atomic mass is 16.5. The topological polar surface area (TPSA) is 52.9 Å². The van der Waals surface area contributed by atoms with Gasteiger partial charge in [0.05, 0.1) is 25.4 Å². The van der Waals surface area contributed by atoms with Crippen molar-refractivity contribution >= 4 is 0 Å². The predicted octanol–water partition coefficient (Wildman–Crippen LogP) is 0.371. The van der Waals surface area contributed by atoms with E-state index in [9.17, 15) is 5.11 Å². The molecule has 1 aliphatic heterocycles. The van der Waals surface area contributed by atoms with Crippen molar-refractivity contribution in [1.82, 2.24) is 4.90 Å². The summed E-state index contributed by atoms with van der Waals surface area (Å²) in [6, 6.07) is 0.613. The van der Waals surface area contributed by atoms with Gasteiger partial charge in [0.2, 0.25) is 0 Å². The molecule has 0 spiro atoms. The Morgan fingerprint density at radius 1 is 1.31 bits per heavy atom. The van der Waals surface area contributed by atoms with Crippen LogP contribution in [0.1, 0.15) is 32.6 Å². The molecule has 16 heavy (non-hydrogen) atoms. The second-order valence-corrected chi connectivity index (χ2v) is 5.10.